The second-order valence-corrected chi connectivity index (χ2v) is 4.65. The first kappa shape index (κ1) is 16.5. The zero-order chi connectivity index (χ0) is 12.8. The maximum atomic E-state index is 11.3. The minimum Gasteiger partial charge on any atom is -0.466 e. The van der Waals surface area contributed by atoms with Gasteiger partial charge in [-0.2, -0.15) is 0 Å². The van der Waals surface area contributed by atoms with Gasteiger partial charge in [-0.1, -0.05) is 65.2 Å². The molecule has 2 heteroatoms. The van der Waals surface area contributed by atoms with Crippen molar-refractivity contribution in [3.05, 3.63) is 6.92 Å². The normalized spacial score (nSPS) is 10.5. The quantitative estimate of drug-likeness (QED) is 0.366. The first-order valence-corrected chi connectivity index (χ1v) is 7.26. The van der Waals surface area contributed by atoms with Gasteiger partial charge in [0.2, 0.25) is 0 Å². The molecule has 0 fully saturated rings. The van der Waals surface area contributed by atoms with Crippen LogP contribution >= 0.6 is 0 Å². The minimum atomic E-state index is -0.0151. The van der Waals surface area contributed by atoms with Crippen LogP contribution in [0.5, 0.6) is 0 Å². The molecule has 0 N–H and O–H groups in total. The van der Waals surface area contributed by atoms with Crippen molar-refractivity contribution in [2.75, 3.05) is 6.61 Å². The molecule has 0 aliphatic heterocycles. The summed E-state index contributed by atoms with van der Waals surface area (Å²) in [7, 11) is 0. The van der Waals surface area contributed by atoms with Crippen LogP contribution < -0.4 is 0 Å². The molecule has 0 saturated heterocycles. The average molecular weight is 241 g/mol. The second-order valence-electron chi connectivity index (χ2n) is 4.65. The molecular formula is C15H29O2. The van der Waals surface area contributed by atoms with Crippen molar-refractivity contribution < 1.29 is 9.53 Å². The molecule has 0 heterocycles. The molecular weight excluding hydrogens is 212 g/mol. The number of carbonyl (C=O) groups excluding carboxylic acids is 1. The molecule has 0 aromatic rings. The van der Waals surface area contributed by atoms with E-state index in [2.05, 4.69) is 13.8 Å². The molecule has 0 unspecified atom stereocenters. The van der Waals surface area contributed by atoms with Crippen LogP contribution in [0.25, 0.3) is 0 Å². The topological polar surface area (TPSA) is 26.3 Å². The fourth-order valence-electron chi connectivity index (χ4n) is 1.76. The number of unbranched alkanes of at least 4 members (excludes halogenated alkanes) is 8. The van der Waals surface area contributed by atoms with Crippen LogP contribution in [-0.4, -0.2) is 12.6 Å². The molecule has 0 aromatic heterocycles. The summed E-state index contributed by atoms with van der Waals surface area (Å²) in [6.07, 6.45) is 12.1. The van der Waals surface area contributed by atoms with Gasteiger partial charge in [0.1, 0.15) is 0 Å². The molecule has 0 atom stereocenters. The van der Waals surface area contributed by atoms with E-state index in [0.29, 0.717) is 13.0 Å². The van der Waals surface area contributed by atoms with E-state index in [1.165, 1.54) is 32.1 Å². The van der Waals surface area contributed by atoms with Crippen molar-refractivity contribution in [3.63, 3.8) is 0 Å². The molecule has 17 heavy (non-hydrogen) atoms. The molecule has 0 spiro atoms. The lowest BCUT2D eigenvalue weighted by Gasteiger charge is -2.04. The van der Waals surface area contributed by atoms with Crippen molar-refractivity contribution in [2.45, 2.75) is 77.6 Å². The van der Waals surface area contributed by atoms with Crippen molar-refractivity contribution in [1.82, 2.24) is 0 Å². The Balaban J connectivity index is 3.12. The van der Waals surface area contributed by atoms with Gasteiger partial charge in [0.05, 0.1) is 6.61 Å². The molecule has 0 rings (SSSR count). The van der Waals surface area contributed by atoms with Crippen LogP contribution in [0, 0.1) is 6.92 Å². The predicted octanol–water partition coefficient (Wildman–Crippen LogP) is 4.67. The van der Waals surface area contributed by atoms with E-state index in [1.54, 1.807) is 0 Å². The number of carbonyl (C=O) groups is 1. The van der Waals surface area contributed by atoms with Crippen molar-refractivity contribution in [2.24, 2.45) is 0 Å². The highest BCUT2D eigenvalue weighted by Gasteiger charge is 2.01. The van der Waals surface area contributed by atoms with E-state index in [9.17, 15) is 4.79 Å². The summed E-state index contributed by atoms with van der Waals surface area (Å²) >= 11 is 0. The fraction of sp³-hybridized carbons (Fsp3) is 0.867. The van der Waals surface area contributed by atoms with E-state index in [1.807, 2.05) is 0 Å². The summed E-state index contributed by atoms with van der Waals surface area (Å²) in [5.74, 6) is -0.0151. The largest absolute Gasteiger partial charge is 0.466 e. The van der Waals surface area contributed by atoms with Gasteiger partial charge in [-0.15, -0.1) is 0 Å². The molecule has 0 aliphatic rings. The summed E-state index contributed by atoms with van der Waals surface area (Å²) < 4.78 is 5.17. The zero-order valence-electron chi connectivity index (χ0n) is 11.5. The second kappa shape index (κ2) is 13.5. The Morgan fingerprint density at radius 2 is 1.59 bits per heavy atom. The van der Waals surface area contributed by atoms with Crippen molar-refractivity contribution >= 4 is 5.97 Å². The standard InChI is InChI=1S/C15H29O2/c1-3-5-7-9-11-13-15(16)17-14-12-10-8-6-4-2/h2-14H2,1H3. The number of esters is 1. The van der Waals surface area contributed by atoms with E-state index >= 15 is 0 Å². The maximum Gasteiger partial charge on any atom is 0.305 e. The van der Waals surface area contributed by atoms with Crippen LogP contribution in [0.15, 0.2) is 0 Å². The molecule has 0 amide bonds. The molecule has 2 nitrogen and oxygen atoms in total. The van der Waals surface area contributed by atoms with Gasteiger partial charge in [-0.3, -0.25) is 4.79 Å². The lowest BCUT2D eigenvalue weighted by Crippen LogP contribution is -2.05. The highest BCUT2D eigenvalue weighted by atomic mass is 16.5. The third kappa shape index (κ3) is 13.4. The number of rotatable bonds is 12. The van der Waals surface area contributed by atoms with Crippen LogP contribution in [0.1, 0.15) is 77.6 Å². The van der Waals surface area contributed by atoms with E-state index in [0.717, 1.165) is 32.1 Å². The van der Waals surface area contributed by atoms with Gasteiger partial charge in [-0.25, -0.2) is 0 Å². The molecule has 0 saturated carbocycles. The fourth-order valence-corrected chi connectivity index (χ4v) is 1.76. The summed E-state index contributed by atoms with van der Waals surface area (Å²) in [6.45, 7) is 6.60. The molecule has 0 aromatic carbocycles. The SMILES string of the molecule is [CH2]CCCCCCOC(=O)CCCCCCC. The minimum absolute atomic E-state index is 0.0151. The van der Waals surface area contributed by atoms with Crippen molar-refractivity contribution in [3.8, 4) is 0 Å². The van der Waals surface area contributed by atoms with Gasteiger partial charge in [0.15, 0.2) is 0 Å². The van der Waals surface area contributed by atoms with Crippen LogP contribution in [0.3, 0.4) is 0 Å². The predicted molar refractivity (Wildman–Crippen MR) is 72.8 cm³/mol. The Hall–Kier alpha value is -0.530. The van der Waals surface area contributed by atoms with E-state index in [-0.39, 0.29) is 5.97 Å². The maximum absolute atomic E-state index is 11.3. The lowest BCUT2D eigenvalue weighted by molar-refractivity contribution is -0.143. The summed E-state index contributed by atoms with van der Waals surface area (Å²) in [4.78, 5) is 11.3. The number of hydrogen-bond donors (Lipinski definition) is 0. The average Bonchev–Trinajstić information content (AvgIpc) is 2.33. The smallest absolute Gasteiger partial charge is 0.305 e. The van der Waals surface area contributed by atoms with Gasteiger partial charge in [-0.05, 0) is 12.8 Å². The summed E-state index contributed by atoms with van der Waals surface area (Å²) in [5, 5.41) is 0. The first-order chi connectivity index (χ1) is 8.31. The van der Waals surface area contributed by atoms with Crippen LogP contribution in [-0.2, 0) is 9.53 Å². The van der Waals surface area contributed by atoms with Crippen LogP contribution in [0.4, 0.5) is 0 Å². The Labute approximate surface area is 107 Å². The third-order valence-corrected chi connectivity index (χ3v) is 2.89. The Morgan fingerprint density at radius 1 is 0.941 bits per heavy atom. The van der Waals surface area contributed by atoms with Crippen molar-refractivity contribution in [1.29, 1.82) is 0 Å². The Morgan fingerprint density at radius 3 is 2.29 bits per heavy atom. The van der Waals surface area contributed by atoms with Gasteiger partial charge in [0, 0.05) is 6.42 Å². The zero-order valence-corrected chi connectivity index (χ0v) is 11.5. The van der Waals surface area contributed by atoms with Gasteiger partial charge < -0.3 is 4.74 Å². The van der Waals surface area contributed by atoms with E-state index < -0.39 is 0 Å². The summed E-state index contributed by atoms with van der Waals surface area (Å²) in [6, 6.07) is 0. The van der Waals surface area contributed by atoms with E-state index in [4.69, 9.17) is 4.74 Å². The Kier molecular flexibility index (Phi) is 13.1. The lowest BCUT2D eigenvalue weighted by atomic mass is 10.1. The molecule has 0 bridgehead atoms. The Bertz CT molecular complexity index is 166. The van der Waals surface area contributed by atoms with Gasteiger partial charge >= 0.3 is 5.97 Å². The molecule has 101 valence electrons. The van der Waals surface area contributed by atoms with Crippen LogP contribution in [0.2, 0.25) is 0 Å². The number of ether oxygens (including phenoxy) is 1. The highest BCUT2D eigenvalue weighted by molar-refractivity contribution is 5.69. The highest BCUT2D eigenvalue weighted by Crippen LogP contribution is 2.06. The third-order valence-electron chi connectivity index (χ3n) is 2.89. The monoisotopic (exact) mass is 241 g/mol. The first-order valence-electron chi connectivity index (χ1n) is 7.26. The van der Waals surface area contributed by atoms with Gasteiger partial charge in [0.25, 0.3) is 0 Å². The molecule has 0 aliphatic carbocycles. The number of hydrogen-bond acceptors (Lipinski definition) is 2. The summed E-state index contributed by atoms with van der Waals surface area (Å²) in [5.41, 5.74) is 0. The molecule has 1 radical (unpaired) electrons.